The zero-order valence-electron chi connectivity index (χ0n) is 24.9. The SMILES string of the molecule is CC(C)OC(=O)N[C@H]1CC[C@H](C2=NC=C3c4ccc(CNC(=O)OC(C)(C)C)cc4S(=O)(NC(C)(C)C)=S32)CC1. The van der Waals surface area contributed by atoms with Crippen LogP contribution in [0.15, 0.2) is 34.3 Å². The molecular weight excluding hydrogens is 548 g/mol. The molecule has 1 aromatic rings. The standard InChI is InChI=1S/C29H44N4O5S2/c1-18(2)37-27(35)32-21-12-10-20(11-13-21)25-30-17-23-22-14-9-19(16-31-26(34)38-29(6,7)8)15-24(22)40(36,39(23)25)33-28(3,4)5/h9,14-15,17-18,20-21H,10-13,16H2,1-8H3,(H,31,34)(H,32,35)(H,33,36)/t20-,21-,39?,40?. The van der Waals surface area contributed by atoms with E-state index in [1.807, 2.05) is 79.8 Å². The van der Waals surface area contributed by atoms with E-state index < -0.39 is 35.4 Å². The Morgan fingerprint density at radius 1 is 1.07 bits per heavy atom. The number of nitrogens with one attached hydrogen (secondary N) is 3. The van der Waals surface area contributed by atoms with E-state index in [0.29, 0.717) is 0 Å². The quantitative estimate of drug-likeness (QED) is 0.397. The van der Waals surface area contributed by atoms with Gasteiger partial charge in [0.2, 0.25) is 0 Å². The summed E-state index contributed by atoms with van der Waals surface area (Å²) >= 11 is 0. The van der Waals surface area contributed by atoms with Crippen molar-refractivity contribution in [1.82, 2.24) is 15.4 Å². The second-order valence-corrected chi connectivity index (χ2v) is 18.4. The first-order valence-corrected chi connectivity index (χ1v) is 17.3. The predicted molar refractivity (Wildman–Crippen MR) is 162 cm³/mol. The van der Waals surface area contributed by atoms with Crippen LogP contribution in [-0.4, -0.2) is 44.7 Å². The highest BCUT2D eigenvalue weighted by atomic mass is 32.9. The molecule has 1 saturated carbocycles. The number of carbonyl (C=O) groups is 2. The minimum absolute atomic E-state index is 0.0677. The lowest BCUT2D eigenvalue weighted by Gasteiger charge is -2.31. The second kappa shape index (κ2) is 11.5. The van der Waals surface area contributed by atoms with Gasteiger partial charge in [0.05, 0.1) is 24.7 Å². The van der Waals surface area contributed by atoms with E-state index in [1.54, 1.807) is 0 Å². The molecule has 9 nitrogen and oxygen atoms in total. The lowest BCUT2D eigenvalue weighted by Crippen LogP contribution is -2.43. The van der Waals surface area contributed by atoms with E-state index in [9.17, 15) is 9.59 Å². The summed E-state index contributed by atoms with van der Waals surface area (Å²) in [6.07, 6.45) is 4.26. The van der Waals surface area contributed by atoms with Gasteiger partial charge in [-0.3, -0.25) is 4.99 Å². The van der Waals surface area contributed by atoms with Crippen LogP contribution < -0.4 is 15.4 Å². The molecule has 0 saturated heterocycles. The Hall–Kier alpha value is -2.37. The minimum Gasteiger partial charge on any atom is -0.447 e. The van der Waals surface area contributed by atoms with E-state index in [0.717, 1.165) is 51.7 Å². The van der Waals surface area contributed by atoms with Gasteiger partial charge < -0.3 is 20.1 Å². The summed E-state index contributed by atoms with van der Waals surface area (Å²) in [6.45, 7) is 15.5. The molecular formula is C29H44N4O5S2. The Balaban J connectivity index is 1.58. The number of benzene rings is 1. The van der Waals surface area contributed by atoms with Crippen molar-refractivity contribution in [3.8, 4) is 0 Å². The zero-order chi connectivity index (χ0) is 29.5. The molecule has 2 atom stereocenters. The van der Waals surface area contributed by atoms with E-state index >= 15 is 4.21 Å². The molecule has 0 radical (unpaired) electrons. The average molecular weight is 593 g/mol. The Morgan fingerprint density at radius 2 is 1.75 bits per heavy atom. The van der Waals surface area contributed by atoms with Crippen molar-refractivity contribution < 1.29 is 23.3 Å². The van der Waals surface area contributed by atoms with Crippen LogP contribution in [0.1, 0.15) is 92.2 Å². The highest BCUT2D eigenvalue weighted by molar-refractivity contribution is 8.57. The summed E-state index contributed by atoms with van der Waals surface area (Å²) < 4.78 is 29.2. The van der Waals surface area contributed by atoms with Gasteiger partial charge in [-0.15, -0.1) is 0 Å². The smallest absolute Gasteiger partial charge is 0.407 e. The van der Waals surface area contributed by atoms with Gasteiger partial charge in [-0.2, -0.15) is 0 Å². The molecule has 2 unspecified atom stereocenters. The number of hydrogen-bond donors (Lipinski definition) is 3. The molecule has 3 aliphatic rings. The molecule has 1 fully saturated rings. The van der Waals surface area contributed by atoms with E-state index in [4.69, 9.17) is 14.5 Å². The third-order valence-electron chi connectivity index (χ3n) is 6.55. The molecule has 1 aliphatic carbocycles. The third-order valence-corrected chi connectivity index (χ3v) is 13.6. The fraction of sp³-hybridized carbons (Fsp3) is 0.621. The molecule has 40 heavy (non-hydrogen) atoms. The number of carbonyl (C=O) groups excluding carboxylic acids is 2. The summed E-state index contributed by atoms with van der Waals surface area (Å²) in [7, 11) is -3.45. The van der Waals surface area contributed by atoms with Crippen molar-refractivity contribution in [2.75, 3.05) is 0 Å². The second-order valence-electron chi connectivity index (χ2n) is 12.9. The van der Waals surface area contributed by atoms with Crippen molar-refractivity contribution in [2.45, 2.75) is 116 Å². The zero-order valence-corrected chi connectivity index (χ0v) is 26.5. The number of ether oxygens (including phenoxy) is 2. The van der Waals surface area contributed by atoms with Crippen molar-refractivity contribution in [2.24, 2.45) is 10.9 Å². The summed E-state index contributed by atoms with van der Waals surface area (Å²) in [6, 6.07) is 5.99. The van der Waals surface area contributed by atoms with Crippen molar-refractivity contribution in [1.29, 1.82) is 0 Å². The van der Waals surface area contributed by atoms with Crippen LogP contribution in [0.3, 0.4) is 0 Å². The third kappa shape index (κ3) is 7.09. The Kier molecular flexibility index (Phi) is 8.78. The number of alkyl carbamates (subject to hydrolysis) is 2. The normalized spacial score (nSPS) is 26.0. The van der Waals surface area contributed by atoms with Crippen LogP contribution in [0.4, 0.5) is 9.59 Å². The molecule has 0 bridgehead atoms. The number of hydrogen-bond acceptors (Lipinski definition) is 6. The van der Waals surface area contributed by atoms with Gasteiger partial charge in [0, 0.05) is 40.7 Å². The molecule has 0 spiro atoms. The average Bonchev–Trinajstić information content (AvgIpc) is 3.34. The predicted octanol–water partition coefficient (Wildman–Crippen LogP) is 5.61. The lowest BCUT2D eigenvalue weighted by atomic mass is 9.86. The monoisotopic (exact) mass is 592 g/mol. The number of nitrogens with zero attached hydrogens (tertiary/aromatic N) is 1. The first-order chi connectivity index (χ1) is 18.6. The van der Waals surface area contributed by atoms with Crippen molar-refractivity contribution >= 4 is 40.3 Å². The highest BCUT2D eigenvalue weighted by Crippen LogP contribution is 2.44. The number of aliphatic imine (C=N–C) groups is 1. The largest absolute Gasteiger partial charge is 0.447 e. The maximum absolute atomic E-state index is 15.1. The Morgan fingerprint density at radius 3 is 2.35 bits per heavy atom. The molecule has 1 aromatic carbocycles. The molecule has 0 aromatic heterocycles. The first-order valence-electron chi connectivity index (χ1n) is 14.0. The lowest BCUT2D eigenvalue weighted by molar-refractivity contribution is 0.0523. The molecule has 11 heteroatoms. The van der Waals surface area contributed by atoms with Gasteiger partial charge in [0.25, 0.3) is 0 Å². The van der Waals surface area contributed by atoms with Crippen LogP contribution in [0, 0.1) is 5.92 Å². The van der Waals surface area contributed by atoms with E-state index in [1.165, 1.54) is 0 Å². The van der Waals surface area contributed by atoms with Crippen molar-refractivity contribution in [3.05, 3.63) is 35.5 Å². The maximum atomic E-state index is 15.1. The van der Waals surface area contributed by atoms with Crippen molar-refractivity contribution in [3.63, 3.8) is 0 Å². The Labute approximate surface area is 240 Å². The van der Waals surface area contributed by atoms with Gasteiger partial charge in [-0.05, 0) is 102 Å². The fourth-order valence-corrected chi connectivity index (χ4v) is 13.4. The summed E-state index contributed by atoms with van der Waals surface area (Å²) in [5, 5.41) is 6.79. The fourth-order valence-electron chi connectivity index (χ4n) is 5.08. The molecule has 2 heterocycles. The summed E-state index contributed by atoms with van der Waals surface area (Å²) in [5.74, 6) is 0.196. The first kappa shape index (κ1) is 30.6. The van der Waals surface area contributed by atoms with Gasteiger partial charge in [0.15, 0.2) is 0 Å². The number of amides is 2. The summed E-state index contributed by atoms with van der Waals surface area (Å²) in [4.78, 5) is 31.0. The van der Waals surface area contributed by atoms with Crippen LogP contribution in [-0.2, 0) is 34.2 Å². The molecule has 2 aliphatic heterocycles. The molecule has 222 valence electrons. The van der Waals surface area contributed by atoms with Gasteiger partial charge >= 0.3 is 12.2 Å². The van der Waals surface area contributed by atoms with Gasteiger partial charge in [-0.25, -0.2) is 18.5 Å². The number of fused-ring (bicyclic) bond motifs is 3. The van der Waals surface area contributed by atoms with Crippen LogP contribution in [0.25, 0.3) is 4.91 Å². The molecule has 3 N–H and O–H groups in total. The van der Waals surface area contributed by atoms with E-state index in [2.05, 4.69) is 15.4 Å². The molecule has 2 amide bonds. The van der Waals surface area contributed by atoms with Gasteiger partial charge in [-0.1, -0.05) is 12.1 Å². The van der Waals surface area contributed by atoms with Crippen LogP contribution >= 0.6 is 0 Å². The van der Waals surface area contributed by atoms with Crippen LogP contribution in [0.5, 0.6) is 0 Å². The summed E-state index contributed by atoms with van der Waals surface area (Å²) in [5.41, 5.74) is 0.835. The maximum Gasteiger partial charge on any atom is 0.407 e. The topological polar surface area (TPSA) is 118 Å². The highest BCUT2D eigenvalue weighted by Gasteiger charge is 2.41. The van der Waals surface area contributed by atoms with E-state index in [-0.39, 0.29) is 30.7 Å². The minimum atomic E-state index is -2.74. The molecule has 4 rings (SSSR count). The van der Waals surface area contributed by atoms with Crippen LogP contribution in [0.2, 0.25) is 0 Å². The number of rotatable bonds is 6. The van der Waals surface area contributed by atoms with Gasteiger partial charge in [0.1, 0.15) is 5.60 Å². The Bertz CT molecular complexity index is 1350.